The molecule has 1 aromatic rings. The number of benzene rings is 1. The number of piperidine rings is 1. The molecule has 0 aliphatic carbocycles. The van der Waals surface area contributed by atoms with Crippen molar-refractivity contribution in [2.45, 2.75) is 19.3 Å². The summed E-state index contributed by atoms with van der Waals surface area (Å²) >= 11 is 0. The molecule has 4 heteroatoms. The van der Waals surface area contributed by atoms with Crippen molar-refractivity contribution in [2.75, 3.05) is 32.1 Å². The van der Waals surface area contributed by atoms with Crippen LogP contribution in [-0.4, -0.2) is 33.7 Å². The third kappa shape index (κ3) is 2.40. The molecule has 0 N–H and O–H groups in total. The quantitative estimate of drug-likeness (QED) is 0.466. The first kappa shape index (κ1) is 13.1. The minimum Gasteiger partial charge on any atom is -0.367 e. The Bertz CT molecular complexity index is 416. The van der Waals surface area contributed by atoms with Gasteiger partial charge >= 0.3 is 6.41 Å². The van der Waals surface area contributed by atoms with Gasteiger partial charge in [0, 0.05) is 19.2 Å². The normalized spacial score (nSPS) is 19.3. The number of carbonyl (C=O) groups excluding carboxylic acids is 1. The lowest BCUT2D eigenvalue weighted by Crippen LogP contribution is -2.44. The maximum absolute atomic E-state index is 11.3. The van der Waals surface area contributed by atoms with Gasteiger partial charge in [-0.3, -0.25) is 0 Å². The summed E-state index contributed by atoms with van der Waals surface area (Å²) in [5, 5.41) is 0. The minimum absolute atomic E-state index is 0.146. The van der Waals surface area contributed by atoms with Gasteiger partial charge in [-0.1, -0.05) is 16.8 Å². The van der Waals surface area contributed by atoms with Gasteiger partial charge in [0.25, 0.3) is 0 Å². The fourth-order valence-corrected chi connectivity index (χ4v) is 2.44. The molecule has 1 fully saturated rings. The van der Waals surface area contributed by atoms with E-state index in [0.29, 0.717) is 0 Å². The standard InChI is InChI=1S/C14H21N2O2/c1-16(12-17,18-2)14-9-5-4-8-13(14)15-10-6-3-7-11-15/h4-5,8-9,12H,3,6-7,10-11H2,1-2H3/q+1. The molecular weight excluding hydrogens is 228 g/mol. The van der Waals surface area contributed by atoms with E-state index in [1.165, 1.54) is 19.3 Å². The lowest BCUT2D eigenvalue weighted by Gasteiger charge is -2.32. The summed E-state index contributed by atoms with van der Waals surface area (Å²) in [6.45, 7) is 2.11. The highest BCUT2D eigenvalue weighted by Crippen LogP contribution is 2.33. The van der Waals surface area contributed by atoms with E-state index in [-0.39, 0.29) is 4.65 Å². The van der Waals surface area contributed by atoms with Crippen LogP contribution in [0.25, 0.3) is 0 Å². The fourth-order valence-electron chi connectivity index (χ4n) is 2.44. The third-order valence-corrected chi connectivity index (χ3v) is 3.64. The highest BCUT2D eigenvalue weighted by molar-refractivity contribution is 5.77. The van der Waals surface area contributed by atoms with Gasteiger partial charge in [-0.25, -0.2) is 4.79 Å². The van der Waals surface area contributed by atoms with Crippen LogP contribution in [0.1, 0.15) is 19.3 Å². The number of carbonyl (C=O) groups is 1. The van der Waals surface area contributed by atoms with Gasteiger partial charge in [-0.15, -0.1) is 0 Å². The summed E-state index contributed by atoms with van der Waals surface area (Å²) in [4.78, 5) is 19.0. The van der Waals surface area contributed by atoms with Crippen LogP contribution in [-0.2, 0) is 9.63 Å². The molecule has 1 aliphatic heterocycles. The fraction of sp³-hybridized carbons (Fsp3) is 0.500. The number of anilines is 1. The number of hydrogen-bond donors (Lipinski definition) is 0. The van der Waals surface area contributed by atoms with Gasteiger partial charge in [0.05, 0.1) is 7.11 Å². The largest absolute Gasteiger partial charge is 0.367 e. The molecule has 1 aromatic carbocycles. The highest BCUT2D eigenvalue weighted by Gasteiger charge is 2.30. The zero-order valence-electron chi connectivity index (χ0n) is 11.1. The van der Waals surface area contributed by atoms with Gasteiger partial charge in [0.15, 0.2) is 5.69 Å². The molecule has 0 aromatic heterocycles. The number of hydroxylamine groups is 2. The average molecular weight is 249 g/mol. The van der Waals surface area contributed by atoms with Crippen molar-refractivity contribution < 1.29 is 9.63 Å². The molecular formula is C14H21N2O2+. The zero-order chi connectivity index (χ0) is 13.0. The van der Waals surface area contributed by atoms with Crippen molar-refractivity contribution in [3.63, 3.8) is 0 Å². The van der Waals surface area contributed by atoms with Crippen LogP contribution in [0.4, 0.5) is 11.4 Å². The lowest BCUT2D eigenvalue weighted by molar-refractivity contribution is -0.149. The molecule has 1 aliphatic rings. The summed E-state index contributed by atoms with van der Waals surface area (Å²) < 4.78 is -0.146. The third-order valence-electron chi connectivity index (χ3n) is 3.64. The number of rotatable bonds is 4. The van der Waals surface area contributed by atoms with Gasteiger partial charge in [-0.05, 0) is 25.3 Å². The predicted octanol–water partition coefficient (Wildman–Crippen LogP) is 2.33. The van der Waals surface area contributed by atoms with Gasteiger partial charge in [0.1, 0.15) is 12.7 Å². The van der Waals surface area contributed by atoms with E-state index < -0.39 is 0 Å². The van der Waals surface area contributed by atoms with Crippen LogP contribution >= 0.6 is 0 Å². The van der Waals surface area contributed by atoms with Crippen molar-refractivity contribution in [2.24, 2.45) is 0 Å². The second kappa shape index (κ2) is 5.50. The van der Waals surface area contributed by atoms with E-state index in [2.05, 4.69) is 11.0 Å². The van der Waals surface area contributed by atoms with Crippen LogP contribution in [0.3, 0.4) is 0 Å². The smallest absolute Gasteiger partial charge is 0.338 e. The van der Waals surface area contributed by atoms with Crippen molar-refractivity contribution in [1.82, 2.24) is 4.65 Å². The number of amides is 1. The highest BCUT2D eigenvalue weighted by atomic mass is 16.7. The molecule has 0 saturated carbocycles. The van der Waals surface area contributed by atoms with E-state index >= 15 is 0 Å². The van der Waals surface area contributed by atoms with Crippen LogP contribution < -0.4 is 9.55 Å². The second-order valence-corrected chi connectivity index (χ2v) is 4.81. The molecule has 1 unspecified atom stereocenters. The molecule has 1 saturated heterocycles. The van der Waals surface area contributed by atoms with E-state index in [9.17, 15) is 4.79 Å². The van der Waals surface area contributed by atoms with Crippen molar-refractivity contribution in [3.8, 4) is 0 Å². The molecule has 98 valence electrons. The molecule has 1 heterocycles. The van der Waals surface area contributed by atoms with E-state index in [1.54, 1.807) is 14.2 Å². The molecule has 1 atom stereocenters. The first-order valence-corrected chi connectivity index (χ1v) is 6.44. The Morgan fingerprint density at radius 3 is 2.50 bits per heavy atom. The Labute approximate surface area is 108 Å². The molecule has 2 rings (SSSR count). The molecule has 0 bridgehead atoms. The Hall–Kier alpha value is -1.39. The Kier molecular flexibility index (Phi) is 3.99. The van der Waals surface area contributed by atoms with Crippen LogP contribution in [0, 0.1) is 0 Å². The summed E-state index contributed by atoms with van der Waals surface area (Å²) in [6.07, 6.45) is 4.55. The molecule has 4 nitrogen and oxygen atoms in total. The number of quaternary nitrogens is 1. The second-order valence-electron chi connectivity index (χ2n) is 4.81. The maximum Gasteiger partial charge on any atom is 0.338 e. The summed E-state index contributed by atoms with van der Waals surface area (Å²) in [5.74, 6) is 0. The van der Waals surface area contributed by atoms with Crippen LogP contribution in [0.5, 0.6) is 0 Å². The van der Waals surface area contributed by atoms with Gasteiger partial charge in [0.2, 0.25) is 0 Å². The molecule has 0 spiro atoms. The minimum atomic E-state index is -0.146. The monoisotopic (exact) mass is 249 g/mol. The Balaban J connectivity index is 2.38. The summed E-state index contributed by atoms with van der Waals surface area (Å²) in [7, 11) is 3.32. The SMILES string of the molecule is CO[N+](C)(C=O)c1ccccc1N1CCCCC1. The van der Waals surface area contributed by atoms with Crippen molar-refractivity contribution >= 4 is 17.8 Å². The van der Waals surface area contributed by atoms with E-state index in [0.717, 1.165) is 30.9 Å². The topological polar surface area (TPSA) is 29.5 Å². The first-order chi connectivity index (χ1) is 8.71. The summed E-state index contributed by atoms with van der Waals surface area (Å²) in [6, 6.07) is 7.99. The van der Waals surface area contributed by atoms with Gasteiger partial charge < -0.3 is 4.90 Å². The average Bonchev–Trinajstić information content (AvgIpc) is 2.47. The number of para-hydroxylation sites is 2. The first-order valence-electron chi connectivity index (χ1n) is 6.44. The summed E-state index contributed by atoms with van der Waals surface area (Å²) in [5.41, 5.74) is 2.01. The number of hydrogen-bond acceptors (Lipinski definition) is 3. The van der Waals surface area contributed by atoms with Crippen molar-refractivity contribution in [3.05, 3.63) is 24.3 Å². The molecule has 0 radical (unpaired) electrons. The Morgan fingerprint density at radius 2 is 1.89 bits per heavy atom. The van der Waals surface area contributed by atoms with E-state index in [1.807, 2.05) is 18.2 Å². The maximum atomic E-state index is 11.3. The molecule has 18 heavy (non-hydrogen) atoms. The lowest BCUT2D eigenvalue weighted by atomic mass is 10.1. The van der Waals surface area contributed by atoms with Crippen LogP contribution in [0.15, 0.2) is 24.3 Å². The Morgan fingerprint density at radius 1 is 1.22 bits per heavy atom. The zero-order valence-corrected chi connectivity index (χ0v) is 11.1. The predicted molar refractivity (Wildman–Crippen MR) is 73.3 cm³/mol. The number of nitrogens with zero attached hydrogens (tertiary/aromatic N) is 2. The van der Waals surface area contributed by atoms with Gasteiger partial charge in [-0.2, -0.15) is 4.84 Å². The van der Waals surface area contributed by atoms with Crippen LogP contribution in [0.2, 0.25) is 0 Å². The van der Waals surface area contributed by atoms with Crippen molar-refractivity contribution in [1.29, 1.82) is 0 Å². The molecule has 1 amide bonds. The van der Waals surface area contributed by atoms with E-state index in [4.69, 9.17) is 4.84 Å².